The maximum atomic E-state index is 15.2. The summed E-state index contributed by atoms with van der Waals surface area (Å²) in [6.45, 7) is 1.87. The zero-order valence-corrected chi connectivity index (χ0v) is 19.1. The van der Waals surface area contributed by atoms with Crippen molar-refractivity contribution < 1.29 is 18.3 Å². The largest absolute Gasteiger partial charge is 0.496 e. The third-order valence-electron chi connectivity index (χ3n) is 5.84. The van der Waals surface area contributed by atoms with Crippen LogP contribution in [-0.2, 0) is 14.1 Å². The van der Waals surface area contributed by atoms with Crippen molar-refractivity contribution in [3.8, 4) is 28.4 Å². The van der Waals surface area contributed by atoms with Gasteiger partial charge in [-0.1, -0.05) is 0 Å². The van der Waals surface area contributed by atoms with Gasteiger partial charge in [0, 0.05) is 42.9 Å². The van der Waals surface area contributed by atoms with Gasteiger partial charge in [-0.2, -0.15) is 9.49 Å². The number of ether oxygens (including phenoxy) is 2. The SMILES string of the molecule is COc1cc2ncc3c(c2cc1-c1cn(C)nc1C)n(-c1c(F)cnc(OC)c1F)c(=O)n3C. The second kappa shape index (κ2) is 7.65. The summed E-state index contributed by atoms with van der Waals surface area (Å²) in [5.74, 6) is -1.97. The number of aryl methyl sites for hydroxylation is 3. The van der Waals surface area contributed by atoms with Gasteiger partial charge in [-0.3, -0.25) is 18.8 Å². The number of hydrogen-bond acceptors (Lipinski definition) is 6. The third kappa shape index (κ3) is 2.96. The monoisotopic (exact) mass is 466 g/mol. The highest BCUT2D eigenvalue weighted by Crippen LogP contribution is 2.38. The molecular weight excluding hydrogens is 446 g/mol. The Balaban J connectivity index is 1.97. The van der Waals surface area contributed by atoms with Crippen LogP contribution in [0.25, 0.3) is 38.8 Å². The van der Waals surface area contributed by atoms with Gasteiger partial charge in [0.05, 0.1) is 48.9 Å². The molecule has 4 heterocycles. The number of hydrogen-bond donors (Lipinski definition) is 0. The first kappa shape index (κ1) is 21.6. The topological polar surface area (TPSA) is 89.0 Å². The van der Waals surface area contributed by atoms with E-state index >= 15 is 4.39 Å². The summed E-state index contributed by atoms with van der Waals surface area (Å²) < 4.78 is 44.6. The summed E-state index contributed by atoms with van der Waals surface area (Å²) in [5.41, 5.74) is 2.21. The lowest BCUT2D eigenvalue weighted by Crippen LogP contribution is -2.23. The molecule has 1 aromatic carbocycles. The Hall–Kier alpha value is -4.28. The Morgan fingerprint density at radius 1 is 1.00 bits per heavy atom. The van der Waals surface area contributed by atoms with Crippen LogP contribution in [0, 0.1) is 18.6 Å². The van der Waals surface area contributed by atoms with Crippen LogP contribution in [0.2, 0.25) is 0 Å². The predicted molar refractivity (Wildman–Crippen MR) is 122 cm³/mol. The number of imidazole rings is 1. The second-order valence-corrected chi connectivity index (χ2v) is 7.82. The molecule has 0 atom stereocenters. The molecule has 5 rings (SSSR count). The molecule has 0 aliphatic rings. The Morgan fingerprint density at radius 2 is 1.76 bits per heavy atom. The van der Waals surface area contributed by atoms with Crippen molar-refractivity contribution in [3.05, 3.63) is 58.5 Å². The molecule has 0 saturated heterocycles. The zero-order valence-electron chi connectivity index (χ0n) is 19.1. The summed E-state index contributed by atoms with van der Waals surface area (Å²) in [7, 11) is 6.08. The van der Waals surface area contributed by atoms with Gasteiger partial charge >= 0.3 is 5.69 Å². The van der Waals surface area contributed by atoms with E-state index in [0.717, 1.165) is 22.0 Å². The molecule has 0 bridgehead atoms. The molecule has 0 saturated carbocycles. The first-order valence-corrected chi connectivity index (χ1v) is 10.2. The number of methoxy groups -OCH3 is 2. The maximum Gasteiger partial charge on any atom is 0.333 e. The standard InChI is InChI=1S/C23H20F2N6O3/c1-11-14(10-29(2)28-11)12-6-13-16(7-18(12)33-4)26-9-17-20(13)31(23(32)30(17)3)21-15(24)8-27-22(34-5)19(21)25/h6-10H,1-5H3. The molecule has 0 aliphatic carbocycles. The second-order valence-electron chi connectivity index (χ2n) is 7.82. The van der Waals surface area contributed by atoms with Gasteiger partial charge in [0.1, 0.15) is 11.4 Å². The molecule has 0 aliphatic heterocycles. The van der Waals surface area contributed by atoms with E-state index in [1.807, 2.05) is 13.1 Å². The molecular formula is C23H20F2N6O3. The van der Waals surface area contributed by atoms with Crippen LogP contribution >= 0.6 is 0 Å². The van der Waals surface area contributed by atoms with Gasteiger partial charge in [-0.25, -0.2) is 14.2 Å². The van der Waals surface area contributed by atoms with Gasteiger partial charge in [0.25, 0.3) is 5.88 Å². The highest BCUT2D eigenvalue weighted by molar-refractivity contribution is 6.05. The molecule has 0 unspecified atom stereocenters. The molecule has 0 amide bonds. The summed E-state index contributed by atoms with van der Waals surface area (Å²) in [6, 6.07) is 3.51. The van der Waals surface area contributed by atoms with E-state index in [9.17, 15) is 9.18 Å². The lowest BCUT2D eigenvalue weighted by Gasteiger charge is -2.13. The average molecular weight is 466 g/mol. The Labute approximate surface area is 191 Å². The third-order valence-corrected chi connectivity index (χ3v) is 5.84. The molecule has 4 aromatic heterocycles. The van der Waals surface area contributed by atoms with Crippen LogP contribution in [0.1, 0.15) is 5.69 Å². The summed E-state index contributed by atoms with van der Waals surface area (Å²) in [4.78, 5) is 21.3. The number of rotatable bonds is 4. The maximum absolute atomic E-state index is 15.2. The molecule has 9 nitrogen and oxygen atoms in total. The zero-order chi connectivity index (χ0) is 24.3. The number of halogens is 2. The molecule has 34 heavy (non-hydrogen) atoms. The highest BCUT2D eigenvalue weighted by atomic mass is 19.1. The van der Waals surface area contributed by atoms with E-state index in [0.29, 0.717) is 27.7 Å². The molecule has 0 spiro atoms. The average Bonchev–Trinajstić information content (AvgIpc) is 3.28. The quantitative estimate of drug-likeness (QED) is 0.404. The van der Waals surface area contributed by atoms with Crippen LogP contribution in [0.5, 0.6) is 11.6 Å². The predicted octanol–water partition coefficient (Wildman–Crippen LogP) is 3.28. The van der Waals surface area contributed by atoms with Crippen LogP contribution < -0.4 is 15.2 Å². The van der Waals surface area contributed by atoms with E-state index in [1.54, 1.807) is 31.0 Å². The first-order valence-electron chi connectivity index (χ1n) is 10.2. The minimum atomic E-state index is -1.08. The molecule has 11 heteroatoms. The van der Waals surface area contributed by atoms with E-state index in [2.05, 4.69) is 15.1 Å². The van der Waals surface area contributed by atoms with E-state index in [-0.39, 0.29) is 5.52 Å². The van der Waals surface area contributed by atoms with E-state index < -0.39 is 28.9 Å². The van der Waals surface area contributed by atoms with Crippen LogP contribution in [0.3, 0.4) is 0 Å². The Kier molecular flexibility index (Phi) is 4.85. The summed E-state index contributed by atoms with van der Waals surface area (Å²) in [5, 5.41) is 4.90. The smallest absolute Gasteiger partial charge is 0.333 e. The van der Waals surface area contributed by atoms with E-state index in [1.165, 1.54) is 24.9 Å². The molecule has 0 N–H and O–H groups in total. The van der Waals surface area contributed by atoms with Crippen molar-refractivity contribution >= 4 is 21.9 Å². The lowest BCUT2D eigenvalue weighted by molar-refractivity contribution is 0.364. The van der Waals surface area contributed by atoms with Crippen LogP contribution in [0.4, 0.5) is 8.78 Å². The van der Waals surface area contributed by atoms with Gasteiger partial charge in [0.2, 0.25) is 5.82 Å². The summed E-state index contributed by atoms with van der Waals surface area (Å²) >= 11 is 0. The fraction of sp³-hybridized carbons (Fsp3) is 0.217. The van der Waals surface area contributed by atoms with Crippen LogP contribution in [-0.4, -0.2) is 43.1 Å². The highest BCUT2D eigenvalue weighted by Gasteiger charge is 2.25. The van der Waals surface area contributed by atoms with Crippen molar-refractivity contribution in [1.29, 1.82) is 0 Å². The van der Waals surface area contributed by atoms with Crippen molar-refractivity contribution in [2.45, 2.75) is 6.92 Å². The molecule has 174 valence electrons. The molecule has 0 fully saturated rings. The van der Waals surface area contributed by atoms with Crippen molar-refractivity contribution in [2.24, 2.45) is 14.1 Å². The Bertz CT molecular complexity index is 1670. The van der Waals surface area contributed by atoms with Gasteiger partial charge in [0.15, 0.2) is 5.82 Å². The first-order chi connectivity index (χ1) is 16.3. The fourth-order valence-corrected chi connectivity index (χ4v) is 4.26. The van der Waals surface area contributed by atoms with Crippen molar-refractivity contribution in [2.75, 3.05) is 14.2 Å². The number of pyridine rings is 2. The minimum absolute atomic E-state index is 0.286. The molecule has 5 aromatic rings. The normalized spacial score (nSPS) is 11.5. The number of benzene rings is 1. The van der Waals surface area contributed by atoms with Crippen molar-refractivity contribution in [3.63, 3.8) is 0 Å². The van der Waals surface area contributed by atoms with Gasteiger partial charge in [-0.15, -0.1) is 0 Å². The summed E-state index contributed by atoms with van der Waals surface area (Å²) in [6.07, 6.45) is 4.15. The van der Waals surface area contributed by atoms with E-state index in [4.69, 9.17) is 9.47 Å². The number of aromatic nitrogens is 6. The van der Waals surface area contributed by atoms with Crippen LogP contribution in [0.15, 0.2) is 35.5 Å². The lowest BCUT2D eigenvalue weighted by atomic mass is 10.0. The number of fused-ring (bicyclic) bond motifs is 3. The minimum Gasteiger partial charge on any atom is -0.496 e. The fourth-order valence-electron chi connectivity index (χ4n) is 4.26. The number of nitrogens with zero attached hydrogens (tertiary/aromatic N) is 6. The Morgan fingerprint density at radius 3 is 2.41 bits per heavy atom. The van der Waals surface area contributed by atoms with Crippen molar-refractivity contribution in [1.82, 2.24) is 28.9 Å². The molecule has 0 radical (unpaired) electrons. The van der Waals surface area contributed by atoms with Gasteiger partial charge in [-0.05, 0) is 13.0 Å². The van der Waals surface area contributed by atoms with Gasteiger partial charge < -0.3 is 9.47 Å².